The molecular weight excluding hydrogens is 997 g/mol. The van der Waals surface area contributed by atoms with Crippen LogP contribution in [-0.2, 0) is 28.6 Å². The van der Waals surface area contributed by atoms with Gasteiger partial charge in [0.15, 0.2) is 6.10 Å². The molecule has 0 aromatic heterocycles. The van der Waals surface area contributed by atoms with Crippen molar-refractivity contribution in [1.82, 2.24) is 0 Å². The molecule has 6 heteroatoms. The number of hydrogen-bond acceptors (Lipinski definition) is 6. The lowest BCUT2D eigenvalue weighted by Gasteiger charge is -2.18. The molecule has 0 amide bonds. The summed E-state index contributed by atoms with van der Waals surface area (Å²) in [5.41, 5.74) is 0. The Morgan fingerprint density at radius 1 is 0.259 bits per heavy atom. The quantitative estimate of drug-likeness (QED) is 0.0261. The van der Waals surface area contributed by atoms with Gasteiger partial charge in [0, 0.05) is 19.3 Å². The molecule has 0 aliphatic heterocycles. The fraction of sp³-hybridized carbons (Fsp3) is 0.773. The zero-order valence-electron chi connectivity index (χ0n) is 53.8. The predicted octanol–water partition coefficient (Wildman–Crippen LogP) is 24.2. The zero-order valence-corrected chi connectivity index (χ0v) is 53.8. The van der Waals surface area contributed by atoms with Crippen molar-refractivity contribution in [3.05, 3.63) is 85.1 Å². The molecule has 0 bridgehead atoms. The summed E-state index contributed by atoms with van der Waals surface area (Å²) in [6, 6.07) is 0. The molecule has 0 aliphatic rings. The molecule has 0 rings (SSSR count). The third-order valence-electron chi connectivity index (χ3n) is 15.4. The van der Waals surface area contributed by atoms with E-state index in [-0.39, 0.29) is 31.1 Å². The highest BCUT2D eigenvalue weighted by molar-refractivity contribution is 5.71. The summed E-state index contributed by atoms with van der Waals surface area (Å²) in [6.45, 7) is 6.56. The van der Waals surface area contributed by atoms with Crippen molar-refractivity contribution in [3.63, 3.8) is 0 Å². The lowest BCUT2D eigenvalue weighted by atomic mass is 10.0. The molecule has 0 fully saturated rings. The van der Waals surface area contributed by atoms with Crippen LogP contribution in [-0.4, -0.2) is 37.2 Å². The Kier molecular flexibility index (Phi) is 66.2. The third kappa shape index (κ3) is 67.3. The molecule has 6 nitrogen and oxygen atoms in total. The predicted molar refractivity (Wildman–Crippen MR) is 353 cm³/mol. The van der Waals surface area contributed by atoms with Gasteiger partial charge in [0.05, 0.1) is 0 Å². The molecule has 81 heavy (non-hydrogen) atoms. The van der Waals surface area contributed by atoms with Crippen molar-refractivity contribution in [3.8, 4) is 0 Å². The van der Waals surface area contributed by atoms with Gasteiger partial charge < -0.3 is 14.2 Å². The minimum absolute atomic E-state index is 0.0776. The summed E-state index contributed by atoms with van der Waals surface area (Å²) in [5, 5.41) is 0. The molecule has 0 aliphatic carbocycles. The van der Waals surface area contributed by atoms with Gasteiger partial charge in [-0.3, -0.25) is 14.4 Å². The Hall–Kier alpha value is -3.41. The highest BCUT2D eigenvalue weighted by Gasteiger charge is 2.19. The van der Waals surface area contributed by atoms with E-state index >= 15 is 0 Å². The van der Waals surface area contributed by atoms with E-state index < -0.39 is 6.10 Å². The molecule has 0 aromatic carbocycles. The minimum atomic E-state index is -0.784. The maximum atomic E-state index is 13.0. The lowest BCUT2D eigenvalue weighted by molar-refractivity contribution is -0.167. The Bertz CT molecular complexity index is 1530. The van der Waals surface area contributed by atoms with E-state index in [0.29, 0.717) is 19.3 Å². The van der Waals surface area contributed by atoms with Crippen LogP contribution in [0.3, 0.4) is 0 Å². The van der Waals surface area contributed by atoms with E-state index in [1.165, 1.54) is 205 Å². The average Bonchev–Trinajstić information content (AvgIpc) is 3.47. The molecule has 1 atom stereocenters. The maximum absolute atomic E-state index is 13.0. The number of esters is 3. The number of carbonyl (C=O) groups is 3. The zero-order chi connectivity index (χ0) is 58.5. The first-order valence-electron chi connectivity index (χ1n) is 35.1. The molecule has 0 heterocycles. The standard InChI is InChI=1S/C75H132O6/c1-4-7-10-13-16-19-22-25-28-30-32-34-35-36-37-38-39-41-42-44-47-50-53-56-59-62-65-68-74(77)80-71-72(70-79-73(76)67-64-61-58-55-52-49-46-27-24-21-18-15-12-9-6-3)81-75(78)69-66-63-60-57-54-51-48-45-43-40-33-31-29-26-23-20-17-14-11-8-5-2/h7,10,16,19,23,25-26,28,31-34,43,45,72H,4-6,8-9,11-15,17-18,20-22,24,27,29-30,35-42,44,46-71H2,1-3H3/b10-7-,19-16-,26-23-,28-25-,33-31-,34-32-,45-43-. The number of carbonyl (C=O) groups excluding carboxylic acids is 3. The minimum Gasteiger partial charge on any atom is -0.462 e. The Labute approximate surface area is 503 Å². The van der Waals surface area contributed by atoms with Gasteiger partial charge in [0.25, 0.3) is 0 Å². The van der Waals surface area contributed by atoms with Crippen LogP contribution in [0.15, 0.2) is 85.1 Å². The summed E-state index contributed by atoms with van der Waals surface area (Å²) in [4.78, 5) is 38.5. The van der Waals surface area contributed by atoms with Crippen molar-refractivity contribution in [2.24, 2.45) is 0 Å². The van der Waals surface area contributed by atoms with Gasteiger partial charge in [0.1, 0.15) is 13.2 Å². The van der Waals surface area contributed by atoms with Crippen LogP contribution < -0.4 is 0 Å². The first kappa shape index (κ1) is 77.6. The Morgan fingerprint density at radius 3 is 0.753 bits per heavy atom. The summed E-state index contributed by atoms with van der Waals surface area (Å²) in [6.07, 6.45) is 91.7. The van der Waals surface area contributed by atoms with Gasteiger partial charge in [-0.05, 0) is 96.3 Å². The molecule has 468 valence electrons. The number of allylic oxidation sites excluding steroid dienone is 14. The smallest absolute Gasteiger partial charge is 0.306 e. The Morgan fingerprint density at radius 2 is 0.481 bits per heavy atom. The van der Waals surface area contributed by atoms with E-state index in [2.05, 4.69) is 106 Å². The maximum Gasteiger partial charge on any atom is 0.306 e. The van der Waals surface area contributed by atoms with Gasteiger partial charge in [0.2, 0.25) is 0 Å². The monoisotopic (exact) mass is 1130 g/mol. The first-order valence-corrected chi connectivity index (χ1v) is 35.1. The van der Waals surface area contributed by atoms with Crippen LogP contribution in [0.2, 0.25) is 0 Å². The molecule has 0 saturated heterocycles. The second-order valence-electron chi connectivity index (χ2n) is 23.4. The summed E-state index contributed by atoms with van der Waals surface area (Å²) in [7, 11) is 0. The van der Waals surface area contributed by atoms with Crippen molar-refractivity contribution >= 4 is 17.9 Å². The number of hydrogen-bond donors (Lipinski definition) is 0. The molecular formula is C75H132O6. The van der Waals surface area contributed by atoms with Gasteiger partial charge in [-0.2, -0.15) is 0 Å². The van der Waals surface area contributed by atoms with Crippen LogP contribution in [0.4, 0.5) is 0 Å². The van der Waals surface area contributed by atoms with Crippen molar-refractivity contribution in [2.45, 2.75) is 361 Å². The first-order chi connectivity index (χ1) is 40.0. The molecule has 1 unspecified atom stereocenters. The van der Waals surface area contributed by atoms with E-state index in [4.69, 9.17) is 14.2 Å². The molecule has 0 saturated carbocycles. The highest BCUT2D eigenvalue weighted by Crippen LogP contribution is 2.17. The van der Waals surface area contributed by atoms with Crippen LogP contribution in [0, 0.1) is 0 Å². The van der Waals surface area contributed by atoms with E-state index in [9.17, 15) is 14.4 Å². The summed E-state index contributed by atoms with van der Waals surface area (Å²) in [5.74, 6) is -0.871. The summed E-state index contributed by atoms with van der Waals surface area (Å²) < 4.78 is 17.0. The third-order valence-corrected chi connectivity index (χ3v) is 15.4. The number of unbranched alkanes of at least 4 members (excludes halogenated alkanes) is 39. The van der Waals surface area contributed by atoms with E-state index in [1.54, 1.807) is 0 Å². The summed E-state index contributed by atoms with van der Waals surface area (Å²) >= 11 is 0. The lowest BCUT2D eigenvalue weighted by Crippen LogP contribution is -2.30. The van der Waals surface area contributed by atoms with Gasteiger partial charge in [-0.1, -0.05) is 324 Å². The van der Waals surface area contributed by atoms with E-state index in [0.717, 1.165) is 109 Å². The fourth-order valence-electron chi connectivity index (χ4n) is 10.2. The highest BCUT2D eigenvalue weighted by atomic mass is 16.6. The molecule has 0 spiro atoms. The van der Waals surface area contributed by atoms with Crippen LogP contribution >= 0.6 is 0 Å². The molecule has 0 radical (unpaired) electrons. The fourth-order valence-corrected chi connectivity index (χ4v) is 10.2. The normalized spacial score (nSPS) is 12.6. The number of ether oxygens (including phenoxy) is 3. The SMILES string of the molecule is CC/C=C\C/C=C\C/C=C\C/C=C\CCCCCCCCCCCCCCCCC(=O)OCC(COC(=O)CCCCCCCCCCCCCCCCC)OC(=O)CCCCCCCC/C=C\C/C=C\C/C=C\CCCCCCC. The van der Waals surface area contributed by atoms with Crippen LogP contribution in [0.1, 0.15) is 355 Å². The van der Waals surface area contributed by atoms with Crippen LogP contribution in [0.25, 0.3) is 0 Å². The largest absolute Gasteiger partial charge is 0.462 e. The second-order valence-corrected chi connectivity index (χ2v) is 23.4. The van der Waals surface area contributed by atoms with Gasteiger partial charge >= 0.3 is 17.9 Å². The number of rotatable bonds is 64. The second kappa shape index (κ2) is 69.1. The van der Waals surface area contributed by atoms with Crippen molar-refractivity contribution < 1.29 is 28.6 Å². The van der Waals surface area contributed by atoms with Gasteiger partial charge in [-0.15, -0.1) is 0 Å². The van der Waals surface area contributed by atoms with Gasteiger partial charge in [-0.25, -0.2) is 0 Å². The van der Waals surface area contributed by atoms with Crippen molar-refractivity contribution in [2.75, 3.05) is 13.2 Å². The van der Waals surface area contributed by atoms with Crippen LogP contribution in [0.5, 0.6) is 0 Å². The topological polar surface area (TPSA) is 78.9 Å². The molecule has 0 aromatic rings. The van der Waals surface area contributed by atoms with E-state index in [1.807, 2.05) is 0 Å². The van der Waals surface area contributed by atoms with Crippen molar-refractivity contribution in [1.29, 1.82) is 0 Å². The molecule has 0 N–H and O–H groups in total. The average molecular weight is 1130 g/mol. The Balaban J connectivity index is 4.32.